The van der Waals surface area contributed by atoms with Crippen LogP contribution in [0.5, 0.6) is 0 Å². The third kappa shape index (κ3) is 9.11. The molecule has 0 bridgehead atoms. The van der Waals surface area contributed by atoms with E-state index >= 15 is 0 Å². The summed E-state index contributed by atoms with van der Waals surface area (Å²) in [6, 6.07) is 10.8. The molecule has 0 spiro atoms. The van der Waals surface area contributed by atoms with Gasteiger partial charge in [0, 0.05) is 60.7 Å². The van der Waals surface area contributed by atoms with Gasteiger partial charge in [-0.25, -0.2) is 0 Å². The predicted molar refractivity (Wildman–Crippen MR) is 150 cm³/mol. The van der Waals surface area contributed by atoms with Crippen molar-refractivity contribution in [3.63, 3.8) is 0 Å². The van der Waals surface area contributed by atoms with Crippen LogP contribution in [-0.2, 0) is 6.42 Å². The van der Waals surface area contributed by atoms with Gasteiger partial charge in [-0.3, -0.25) is 9.59 Å². The normalized spacial score (nSPS) is 12.4. The Bertz CT molecular complexity index is 1100. The molecule has 0 radical (unpaired) electrons. The number of amides is 1. The van der Waals surface area contributed by atoms with Gasteiger partial charge in [-0.2, -0.15) is 0 Å². The van der Waals surface area contributed by atoms with Gasteiger partial charge in [-0.1, -0.05) is 44.5 Å². The first-order chi connectivity index (χ1) is 17.3. The molecule has 0 aliphatic rings. The minimum absolute atomic E-state index is 0.0524. The zero-order valence-corrected chi connectivity index (χ0v) is 22.7. The number of nitrogens with one attached hydrogen (secondary N) is 1. The first kappa shape index (κ1) is 29.6. The Labute approximate surface area is 220 Å². The van der Waals surface area contributed by atoms with Crippen LogP contribution in [0.4, 0.5) is 0 Å². The van der Waals surface area contributed by atoms with Crippen molar-refractivity contribution in [2.75, 3.05) is 26.7 Å². The number of benzene rings is 2. The Kier molecular flexibility index (Phi) is 12.7. The van der Waals surface area contributed by atoms with E-state index in [1.807, 2.05) is 19.1 Å². The van der Waals surface area contributed by atoms with Crippen molar-refractivity contribution in [3.05, 3.63) is 68.5 Å². The van der Waals surface area contributed by atoms with Crippen LogP contribution in [0.3, 0.4) is 0 Å². The van der Waals surface area contributed by atoms with Crippen molar-refractivity contribution in [2.45, 2.75) is 58.8 Å². The van der Waals surface area contributed by atoms with Crippen LogP contribution in [0.25, 0.3) is 12.8 Å². The largest absolute Gasteiger partial charge is 0.396 e. The van der Waals surface area contributed by atoms with Crippen LogP contribution in [0, 0.1) is 5.92 Å². The van der Waals surface area contributed by atoms with E-state index in [1.165, 1.54) is 0 Å². The Morgan fingerprint density at radius 1 is 1.11 bits per heavy atom. The highest BCUT2D eigenvalue weighted by Crippen LogP contribution is 2.18. The quantitative estimate of drug-likeness (QED) is 0.271. The average molecular weight is 513 g/mol. The van der Waals surface area contributed by atoms with E-state index in [9.17, 15) is 9.59 Å². The lowest BCUT2D eigenvalue weighted by molar-refractivity contribution is 0.0947. The second kappa shape index (κ2) is 15.5. The van der Waals surface area contributed by atoms with E-state index in [0.29, 0.717) is 41.5 Å². The molecule has 1 amide bonds. The van der Waals surface area contributed by atoms with Crippen LogP contribution in [0.1, 0.15) is 78.7 Å². The molecular weight excluding hydrogens is 472 g/mol. The van der Waals surface area contributed by atoms with E-state index in [4.69, 9.17) is 16.7 Å². The highest BCUT2D eigenvalue weighted by atomic mass is 35.5. The number of halogens is 1. The number of aliphatic hydroxyl groups is 1. The standard InChI is InChI=1S/C30H41ClN2O3/c1-5-9-23(10-7-11-29(35)24-13-15-25(31)16-14-24)20-33(4)21-28-22(3)12-17-27(26(28)6-2)30(36)32-18-8-19-34/h12-17,21,23,34H,3,5-11,18-20H2,1-2,4H3,(H,32,36)/b28-21+. The average Bonchev–Trinajstić information content (AvgIpc) is 2.85. The first-order valence-corrected chi connectivity index (χ1v) is 13.4. The summed E-state index contributed by atoms with van der Waals surface area (Å²) < 4.78 is 0. The number of aliphatic hydroxyl groups excluding tert-OH is 1. The molecule has 0 heterocycles. The van der Waals surface area contributed by atoms with Crippen molar-refractivity contribution in [2.24, 2.45) is 5.92 Å². The molecule has 0 aliphatic heterocycles. The molecule has 6 heteroatoms. The summed E-state index contributed by atoms with van der Waals surface area (Å²) in [7, 11) is 2.06. The zero-order chi connectivity index (χ0) is 26.5. The maximum absolute atomic E-state index is 12.7. The molecule has 1 atom stereocenters. The third-order valence-corrected chi connectivity index (χ3v) is 6.69. The Morgan fingerprint density at radius 2 is 1.83 bits per heavy atom. The number of carbonyl (C=O) groups excluding carboxylic acids is 2. The Hall–Kier alpha value is -2.63. The molecule has 0 fully saturated rings. The van der Waals surface area contributed by atoms with E-state index in [0.717, 1.165) is 54.6 Å². The summed E-state index contributed by atoms with van der Waals surface area (Å²) in [6.07, 6.45) is 7.91. The van der Waals surface area contributed by atoms with Crippen LogP contribution >= 0.6 is 11.6 Å². The highest BCUT2D eigenvalue weighted by Gasteiger charge is 2.14. The molecule has 2 rings (SSSR count). The topological polar surface area (TPSA) is 69.6 Å². The molecule has 5 nitrogen and oxygen atoms in total. The fraction of sp³-hybridized carbons (Fsp3) is 0.467. The number of nitrogens with zero attached hydrogens (tertiary/aromatic N) is 1. The predicted octanol–water partition coefficient (Wildman–Crippen LogP) is 4.56. The van der Waals surface area contributed by atoms with Crippen molar-refractivity contribution in [3.8, 4) is 0 Å². The number of rotatable bonds is 15. The molecule has 196 valence electrons. The zero-order valence-electron chi connectivity index (χ0n) is 22.0. The molecule has 1 unspecified atom stereocenters. The fourth-order valence-corrected chi connectivity index (χ4v) is 4.72. The third-order valence-electron chi connectivity index (χ3n) is 6.44. The van der Waals surface area contributed by atoms with Crippen LogP contribution in [0.2, 0.25) is 5.02 Å². The van der Waals surface area contributed by atoms with Crippen LogP contribution in [0.15, 0.2) is 36.4 Å². The molecule has 2 aromatic rings. The van der Waals surface area contributed by atoms with Gasteiger partial charge in [0.15, 0.2) is 5.78 Å². The van der Waals surface area contributed by atoms with E-state index in [1.54, 1.807) is 24.3 Å². The number of Topliss-reactive ketones (excluding diaryl/α,β-unsaturated/α-hetero) is 1. The highest BCUT2D eigenvalue weighted by molar-refractivity contribution is 6.30. The first-order valence-electron chi connectivity index (χ1n) is 13.0. The molecule has 36 heavy (non-hydrogen) atoms. The van der Waals surface area contributed by atoms with Gasteiger partial charge in [-0.05, 0) is 79.1 Å². The van der Waals surface area contributed by atoms with Gasteiger partial charge in [0.05, 0.1) is 0 Å². The van der Waals surface area contributed by atoms with E-state index in [-0.39, 0.29) is 18.3 Å². The number of hydrogen-bond acceptors (Lipinski definition) is 4. The summed E-state index contributed by atoms with van der Waals surface area (Å²) >= 11 is 5.93. The number of carbonyl (C=O) groups is 2. The molecule has 0 aliphatic carbocycles. The molecule has 0 aromatic heterocycles. The summed E-state index contributed by atoms with van der Waals surface area (Å²) in [6.45, 7) is 9.82. The minimum Gasteiger partial charge on any atom is -0.396 e. The second-order valence-electron chi connectivity index (χ2n) is 9.40. The van der Waals surface area contributed by atoms with Crippen molar-refractivity contribution in [1.29, 1.82) is 0 Å². The van der Waals surface area contributed by atoms with Crippen molar-refractivity contribution < 1.29 is 14.7 Å². The van der Waals surface area contributed by atoms with Crippen molar-refractivity contribution >= 4 is 36.1 Å². The van der Waals surface area contributed by atoms with Gasteiger partial charge in [0.25, 0.3) is 5.91 Å². The monoisotopic (exact) mass is 512 g/mol. The van der Waals surface area contributed by atoms with Gasteiger partial charge >= 0.3 is 0 Å². The fourth-order valence-electron chi connectivity index (χ4n) is 4.59. The van der Waals surface area contributed by atoms with Crippen LogP contribution < -0.4 is 15.8 Å². The Balaban J connectivity index is 2.09. The van der Waals surface area contributed by atoms with E-state index < -0.39 is 0 Å². The number of ketones is 1. The molecule has 0 saturated carbocycles. The number of hydrogen-bond donors (Lipinski definition) is 2. The lowest BCUT2D eigenvalue weighted by Crippen LogP contribution is -2.36. The second-order valence-corrected chi connectivity index (χ2v) is 9.83. The SMILES string of the molecule is C=c1ccc(C(=O)NCCCO)c(CC)/c1=C/N(C)CC(CCC)CCCC(=O)c1ccc(Cl)cc1. The summed E-state index contributed by atoms with van der Waals surface area (Å²) in [4.78, 5) is 27.4. The van der Waals surface area contributed by atoms with Gasteiger partial charge in [0.1, 0.15) is 0 Å². The maximum Gasteiger partial charge on any atom is 0.251 e. The minimum atomic E-state index is -0.119. The maximum atomic E-state index is 12.7. The summed E-state index contributed by atoms with van der Waals surface area (Å²) in [5.41, 5.74) is 2.36. The molecule has 0 saturated heterocycles. The van der Waals surface area contributed by atoms with Crippen LogP contribution in [-0.4, -0.2) is 48.4 Å². The lowest BCUT2D eigenvalue weighted by Gasteiger charge is -2.23. The summed E-state index contributed by atoms with van der Waals surface area (Å²) in [5, 5.41) is 14.4. The molecule has 2 N–H and O–H groups in total. The lowest BCUT2D eigenvalue weighted by atomic mass is 9.94. The molecule has 2 aromatic carbocycles. The van der Waals surface area contributed by atoms with E-state index in [2.05, 4.69) is 37.0 Å². The summed E-state index contributed by atoms with van der Waals surface area (Å²) in [5.74, 6) is 0.509. The van der Waals surface area contributed by atoms with Gasteiger partial charge in [-0.15, -0.1) is 0 Å². The Morgan fingerprint density at radius 3 is 2.47 bits per heavy atom. The van der Waals surface area contributed by atoms with Gasteiger partial charge < -0.3 is 15.3 Å². The van der Waals surface area contributed by atoms with Gasteiger partial charge in [0.2, 0.25) is 0 Å². The molecular formula is C30H41ClN2O3. The van der Waals surface area contributed by atoms with Crippen molar-refractivity contribution in [1.82, 2.24) is 10.2 Å². The smallest absolute Gasteiger partial charge is 0.251 e.